The minimum absolute atomic E-state index is 0.0838. The van der Waals surface area contributed by atoms with Gasteiger partial charge in [0.2, 0.25) is 11.8 Å². The normalized spacial score (nSPS) is 11.2. The van der Waals surface area contributed by atoms with Crippen molar-refractivity contribution in [2.24, 2.45) is 17.3 Å². The van der Waals surface area contributed by atoms with Crippen LogP contribution in [0.3, 0.4) is 0 Å². The summed E-state index contributed by atoms with van der Waals surface area (Å²) in [5.74, 6) is -1.01. The second kappa shape index (κ2) is 8.01. The Bertz CT molecular complexity index is 1030. The van der Waals surface area contributed by atoms with Crippen LogP contribution in [-0.4, -0.2) is 28.0 Å². The number of azo groups is 1. The number of amides is 2. The van der Waals surface area contributed by atoms with Crippen molar-refractivity contribution in [3.63, 3.8) is 0 Å². The van der Waals surface area contributed by atoms with Gasteiger partial charge in [-0.25, -0.2) is 0 Å². The van der Waals surface area contributed by atoms with E-state index in [9.17, 15) is 14.7 Å². The summed E-state index contributed by atoms with van der Waals surface area (Å²) < 4.78 is 1.56. The van der Waals surface area contributed by atoms with E-state index < -0.39 is 5.91 Å². The van der Waals surface area contributed by atoms with Crippen LogP contribution < -0.4 is 5.32 Å². The van der Waals surface area contributed by atoms with E-state index in [0.29, 0.717) is 10.4 Å². The number of nitrogens with zero attached hydrogens (tertiary/aromatic N) is 3. The first-order chi connectivity index (χ1) is 13.0. The Morgan fingerprint density at radius 1 is 1.15 bits per heavy atom. The number of para-hydroxylation sites is 1. The number of carbonyl (C=O) groups excluding carboxylic acids is 2. The summed E-state index contributed by atoms with van der Waals surface area (Å²) in [6, 6.07) is 14.1. The summed E-state index contributed by atoms with van der Waals surface area (Å²) in [6.07, 6.45) is 0.131. The van der Waals surface area contributed by atoms with Crippen LogP contribution in [0.15, 0.2) is 58.8 Å². The number of rotatable bonds is 5. The van der Waals surface area contributed by atoms with Gasteiger partial charge in [-0.1, -0.05) is 41.9 Å². The predicted molar refractivity (Wildman–Crippen MR) is 102 cm³/mol. The molecule has 8 heteroatoms. The third-order valence-corrected chi connectivity index (χ3v) is 4.28. The van der Waals surface area contributed by atoms with Gasteiger partial charge in [-0.05, 0) is 23.8 Å². The van der Waals surface area contributed by atoms with Crippen molar-refractivity contribution in [1.29, 1.82) is 0 Å². The Hall–Kier alpha value is -3.19. The Morgan fingerprint density at radius 2 is 1.85 bits per heavy atom. The molecule has 2 aromatic carbocycles. The maximum absolute atomic E-state index is 11.9. The minimum Gasteiger partial charge on any atom is -0.493 e. The molecule has 0 atom stereocenters. The van der Waals surface area contributed by atoms with Gasteiger partial charge in [0, 0.05) is 17.5 Å². The Balaban J connectivity index is 1.60. The highest BCUT2D eigenvalue weighted by Crippen LogP contribution is 2.37. The van der Waals surface area contributed by atoms with Crippen molar-refractivity contribution in [1.82, 2.24) is 9.88 Å². The number of carbonyl (C=O) groups is 2. The Labute approximate surface area is 160 Å². The summed E-state index contributed by atoms with van der Waals surface area (Å²) >= 11 is 5.80. The monoisotopic (exact) mass is 384 g/mol. The molecule has 0 saturated carbocycles. The van der Waals surface area contributed by atoms with Crippen LogP contribution in [0.4, 0.5) is 5.69 Å². The molecule has 0 fully saturated rings. The molecule has 1 heterocycles. The molecule has 2 N–H and O–H groups in total. The molecule has 3 rings (SSSR count). The molecule has 0 aliphatic carbocycles. The SMILES string of the molecule is Cn1c(O)c(N=NC(=O)CNC(=O)Cc2ccc(Cl)cc2)c2ccccc21. The number of fused-ring (bicyclic) bond motifs is 1. The lowest BCUT2D eigenvalue weighted by Gasteiger charge is -2.03. The van der Waals surface area contributed by atoms with Gasteiger partial charge in [-0.3, -0.25) is 9.59 Å². The summed E-state index contributed by atoms with van der Waals surface area (Å²) in [4.78, 5) is 23.8. The van der Waals surface area contributed by atoms with Gasteiger partial charge in [0.25, 0.3) is 5.91 Å². The van der Waals surface area contributed by atoms with Gasteiger partial charge in [0.05, 0.1) is 11.9 Å². The van der Waals surface area contributed by atoms with E-state index >= 15 is 0 Å². The molecule has 0 unspecified atom stereocenters. The highest BCUT2D eigenvalue weighted by Gasteiger charge is 2.14. The average Bonchev–Trinajstić information content (AvgIpc) is 2.91. The molecule has 0 bridgehead atoms. The Morgan fingerprint density at radius 3 is 2.59 bits per heavy atom. The van der Waals surface area contributed by atoms with Gasteiger partial charge < -0.3 is 15.0 Å². The average molecular weight is 385 g/mol. The zero-order chi connectivity index (χ0) is 19.4. The number of benzene rings is 2. The Kier molecular flexibility index (Phi) is 5.52. The van der Waals surface area contributed by atoms with E-state index in [-0.39, 0.29) is 30.4 Å². The maximum atomic E-state index is 11.9. The molecule has 0 saturated heterocycles. The number of aromatic hydroxyl groups is 1. The zero-order valence-corrected chi connectivity index (χ0v) is 15.3. The molecule has 138 valence electrons. The number of halogens is 1. The lowest BCUT2D eigenvalue weighted by atomic mass is 10.1. The molecule has 27 heavy (non-hydrogen) atoms. The van der Waals surface area contributed by atoms with Crippen molar-refractivity contribution in [2.45, 2.75) is 6.42 Å². The first-order valence-electron chi connectivity index (χ1n) is 8.18. The van der Waals surface area contributed by atoms with Crippen molar-refractivity contribution >= 4 is 40.0 Å². The van der Waals surface area contributed by atoms with Crippen molar-refractivity contribution in [2.75, 3.05) is 6.54 Å². The second-order valence-electron chi connectivity index (χ2n) is 5.92. The fourth-order valence-electron chi connectivity index (χ4n) is 2.62. The molecular formula is C19H17ClN4O3. The van der Waals surface area contributed by atoms with E-state index in [1.54, 1.807) is 48.0 Å². The lowest BCUT2D eigenvalue weighted by molar-refractivity contribution is -0.124. The fourth-order valence-corrected chi connectivity index (χ4v) is 2.75. The van der Waals surface area contributed by atoms with E-state index in [4.69, 9.17) is 11.6 Å². The summed E-state index contributed by atoms with van der Waals surface area (Å²) in [6.45, 7) is -0.276. The van der Waals surface area contributed by atoms with E-state index in [2.05, 4.69) is 15.5 Å². The van der Waals surface area contributed by atoms with E-state index in [1.807, 2.05) is 12.1 Å². The van der Waals surface area contributed by atoms with Crippen LogP contribution in [0.1, 0.15) is 5.56 Å². The van der Waals surface area contributed by atoms with Crippen molar-refractivity contribution < 1.29 is 14.7 Å². The first-order valence-corrected chi connectivity index (χ1v) is 8.55. The molecule has 0 radical (unpaired) electrons. The summed E-state index contributed by atoms with van der Waals surface area (Å²) in [7, 11) is 1.69. The molecule has 0 spiro atoms. The molecule has 3 aromatic rings. The quantitative estimate of drug-likeness (QED) is 0.659. The number of nitrogens with one attached hydrogen (secondary N) is 1. The highest BCUT2D eigenvalue weighted by atomic mass is 35.5. The van der Waals surface area contributed by atoms with E-state index in [1.165, 1.54) is 0 Å². The number of aromatic nitrogens is 1. The molecule has 1 aromatic heterocycles. The van der Waals surface area contributed by atoms with Crippen LogP contribution in [0.2, 0.25) is 5.02 Å². The van der Waals surface area contributed by atoms with Gasteiger partial charge in [0.1, 0.15) is 6.54 Å². The molecule has 7 nitrogen and oxygen atoms in total. The third kappa shape index (κ3) is 4.32. The van der Waals surface area contributed by atoms with Gasteiger partial charge in [-0.2, -0.15) is 0 Å². The number of hydrogen-bond acceptors (Lipinski definition) is 4. The molecular weight excluding hydrogens is 368 g/mol. The molecule has 2 amide bonds. The first kappa shape index (κ1) is 18.6. The van der Waals surface area contributed by atoms with Crippen LogP contribution in [0.25, 0.3) is 10.9 Å². The van der Waals surface area contributed by atoms with Gasteiger partial charge in [0.15, 0.2) is 5.69 Å². The lowest BCUT2D eigenvalue weighted by Crippen LogP contribution is -2.29. The third-order valence-electron chi connectivity index (χ3n) is 4.03. The number of hydrogen-bond donors (Lipinski definition) is 2. The zero-order valence-electron chi connectivity index (χ0n) is 14.5. The minimum atomic E-state index is -0.619. The van der Waals surface area contributed by atoms with Crippen molar-refractivity contribution in [3.05, 3.63) is 59.1 Å². The smallest absolute Gasteiger partial charge is 0.283 e. The topological polar surface area (TPSA) is 96.0 Å². The van der Waals surface area contributed by atoms with E-state index in [0.717, 1.165) is 11.1 Å². The highest BCUT2D eigenvalue weighted by molar-refractivity contribution is 6.30. The summed E-state index contributed by atoms with van der Waals surface area (Å²) in [5, 5.41) is 21.4. The number of aryl methyl sites for hydroxylation is 1. The van der Waals surface area contributed by atoms with Crippen LogP contribution in [0.5, 0.6) is 5.88 Å². The fraction of sp³-hybridized carbons (Fsp3) is 0.158. The molecule has 0 aliphatic heterocycles. The van der Waals surface area contributed by atoms with Gasteiger partial charge in [-0.15, -0.1) is 10.2 Å². The van der Waals surface area contributed by atoms with Crippen LogP contribution in [0, 0.1) is 0 Å². The standard InChI is InChI=1S/C19H17ClN4O3/c1-24-15-5-3-2-4-14(15)18(19(24)27)23-22-17(26)11-21-16(25)10-12-6-8-13(20)9-7-12/h2-9,27H,10-11H2,1H3,(H,21,25). The summed E-state index contributed by atoms with van der Waals surface area (Å²) in [5.41, 5.74) is 1.77. The predicted octanol–water partition coefficient (Wildman–Crippen LogP) is 3.51. The second-order valence-corrected chi connectivity index (χ2v) is 6.36. The van der Waals surface area contributed by atoms with Gasteiger partial charge >= 0.3 is 0 Å². The van der Waals surface area contributed by atoms with Crippen LogP contribution >= 0.6 is 11.6 Å². The maximum Gasteiger partial charge on any atom is 0.283 e. The largest absolute Gasteiger partial charge is 0.493 e. The van der Waals surface area contributed by atoms with Crippen LogP contribution in [-0.2, 0) is 23.1 Å². The molecule has 0 aliphatic rings. The van der Waals surface area contributed by atoms with Crippen molar-refractivity contribution in [3.8, 4) is 5.88 Å².